The van der Waals surface area contributed by atoms with Crippen LogP contribution in [0.25, 0.3) is 16.0 Å². The average Bonchev–Trinajstić information content (AvgIpc) is 3.46. The standard InChI is InChI=1S/C30H26N2O6S/c1-15-12-17(3)24-22(13-15)39-30(31-24)32-25(18-6-8-19(9-7-18)29(36)38-5)23(27(34)28(32)35)26(33)20-10-11-21(37-4)16(2)14-20/h6-14,25,33H,1-5H3. The van der Waals surface area contributed by atoms with E-state index in [1.165, 1.54) is 23.3 Å². The number of fused-ring (bicyclic) bond motifs is 1. The molecule has 3 aromatic carbocycles. The Bertz CT molecular complexity index is 1690. The molecule has 0 saturated carbocycles. The summed E-state index contributed by atoms with van der Waals surface area (Å²) >= 11 is 1.30. The molecule has 1 fully saturated rings. The number of amides is 1. The number of carbonyl (C=O) groups excluding carboxylic acids is 3. The minimum atomic E-state index is -0.971. The quantitative estimate of drug-likeness (QED) is 0.150. The molecule has 0 spiro atoms. The molecular formula is C30H26N2O6S. The van der Waals surface area contributed by atoms with E-state index in [0.29, 0.717) is 27.6 Å². The molecule has 1 atom stereocenters. The maximum Gasteiger partial charge on any atom is 0.337 e. The van der Waals surface area contributed by atoms with Crippen LogP contribution in [0.4, 0.5) is 5.13 Å². The smallest absolute Gasteiger partial charge is 0.337 e. The van der Waals surface area contributed by atoms with Crippen LogP contribution >= 0.6 is 11.3 Å². The monoisotopic (exact) mass is 542 g/mol. The van der Waals surface area contributed by atoms with Crippen LogP contribution in [0.1, 0.15) is 44.2 Å². The Morgan fingerprint density at radius 3 is 2.28 bits per heavy atom. The topological polar surface area (TPSA) is 106 Å². The van der Waals surface area contributed by atoms with Gasteiger partial charge in [-0.15, -0.1) is 0 Å². The average molecular weight is 543 g/mol. The summed E-state index contributed by atoms with van der Waals surface area (Å²) in [4.78, 5) is 45.2. The highest BCUT2D eigenvalue weighted by Gasteiger charge is 2.48. The van der Waals surface area contributed by atoms with Crippen molar-refractivity contribution in [1.82, 2.24) is 4.98 Å². The highest BCUT2D eigenvalue weighted by Crippen LogP contribution is 2.45. The van der Waals surface area contributed by atoms with Crippen LogP contribution in [0.15, 0.2) is 60.2 Å². The number of aromatic nitrogens is 1. The molecule has 8 nitrogen and oxygen atoms in total. The van der Waals surface area contributed by atoms with Crippen LogP contribution in [0.3, 0.4) is 0 Å². The van der Waals surface area contributed by atoms with Gasteiger partial charge in [0.25, 0.3) is 5.78 Å². The zero-order valence-electron chi connectivity index (χ0n) is 22.1. The van der Waals surface area contributed by atoms with Crippen LogP contribution in [-0.2, 0) is 14.3 Å². The Labute approximate surface area is 229 Å². The van der Waals surface area contributed by atoms with Crippen LogP contribution in [0.2, 0.25) is 0 Å². The van der Waals surface area contributed by atoms with Crippen LogP contribution in [0, 0.1) is 20.8 Å². The minimum Gasteiger partial charge on any atom is -0.507 e. The second-order valence-corrected chi connectivity index (χ2v) is 10.4. The van der Waals surface area contributed by atoms with Gasteiger partial charge < -0.3 is 14.6 Å². The van der Waals surface area contributed by atoms with Gasteiger partial charge in [-0.3, -0.25) is 14.5 Å². The molecule has 1 aromatic heterocycles. The first kappa shape index (κ1) is 26.1. The summed E-state index contributed by atoms with van der Waals surface area (Å²) in [5, 5.41) is 11.8. The highest BCUT2D eigenvalue weighted by molar-refractivity contribution is 7.22. The van der Waals surface area contributed by atoms with Gasteiger partial charge in [-0.05, 0) is 79.4 Å². The second-order valence-electron chi connectivity index (χ2n) is 9.39. The third-order valence-electron chi connectivity index (χ3n) is 6.78. The molecule has 1 unspecified atom stereocenters. The molecule has 1 aliphatic heterocycles. The molecule has 0 aliphatic carbocycles. The van der Waals surface area contributed by atoms with E-state index >= 15 is 0 Å². The van der Waals surface area contributed by atoms with Crippen molar-refractivity contribution in [2.45, 2.75) is 26.8 Å². The second kappa shape index (κ2) is 9.99. The molecule has 0 bridgehead atoms. The molecular weight excluding hydrogens is 516 g/mol. The predicted octanol–water partition coefficient (Wildman–Crippen LogP) is 5.64. The molecule has 198 valence electrons. The van der Waals surface area contributed by atoms with Crippen LogP contribution in [0.5, 0.6) is 5.75 Å². The SMILES string of the molecule is COC(=O)c1ccc(C2C(=C(O)c3ccc(OC)c(C)c3)C(=O)C(=O)N2c2nc3c(C)cc(C)cc3s2)cc1. The summed E-state index contributed by atoms with van der Waals surface area (Å²) in [6.45, 7) is 5.75. The van der Waals surface area contributed by atoms with Crippen molar-refractivity contribution in [3.05, 3.63) is 93.6 Å². The van der Waals surface area contributed by atoms with Gasteiger partial charge in [-0.1, -0.05) is 29.5 Å². The van der Waals surface area contributed by atoms with E-state index in [1.807, 2.05) is 32.9 Å². The third-order valence-corrected chi connectivity index (χ3v) is 7.79. The number of rotatable bonds is 5. The molecule has 1 saturated heterocycles. The van der Waals surface area contributed by atoms with E-state index in [2.05, 4.69) is 0 Å². The molecule has 5 rings (SSSR count). The first-order valence-electron chi connectivity index (χ1n) is 12.2. The normalized spacial score (nSPS) is 16.6. The molecule has 39 heavy (non-hydrogen) atoms. The summed E-state index contributed by atoms with van der Waals surface area (Å²) < 4.78 is 11.0. The number of aliphatic hydroxyl groups excluding tert-OH is 1. The lowest BCUT2D eigenvalue weighted by atomic mass is 9.94. The minimum absolute atomic E-state index is 0.0671. The lowest BCUT2D eigenvalue weighted by molar-refractivity contribution is -0.132. The van der Waals surface area contributed by atoms with Crippen LogP contribution in [-0.4, -0.2) is 42.0 Å². The van der Waals surface area contributed by atoms with Gasteiger partial charge in [-0.2, -0.15) is 0 Å². The fourth-order valence-electron chi connectivity index (χ4n) is 4.91. The number of nitrogens with zero attached hydrogens (tertiary/aromatic N) is 2. The molecule has 4 aromatic rings. The summed E-state index contributed by atoms with van der Waals surface area (Å²) in [5.74, 6) is -1.81. The Morgan fingerprint density at radius 1 is 0.949 bits per heavy atom. The maximum atomic E-state index is 13.6. The number of ketones is 1. The third kappa shape index (κ3) is 4.44. The molecule has 1 aliphatic rings. The number of Topliss-reactive ketones (excluding diaryl/α,β-unsaturated/α-hetero) is 1. The molecule has 1 amide bonds. The Morgan fingerprint density at radius 2 is 1.64 bits per heavy atom. The number of methoxy groups -OCH3 is 2. The van der Waals surface area contributed by atoms with Crippen molar-refractivity contribution in [1.29, 1.82) is 0 Å². The number of ether oxygens (including phenoxy) is 2. The fraction of sp³-hybridized carbons (Fsp3) is 0.200. The largest absolute Gasteiger partial charge is 0.507 e. The van der Waals surface area contributed by atoms with E-state index in [4.69, 9.17) is 14.5 Å². The van der Waals surface area contributed by atoms with Gasteiger partial charge in [0, 0.05) is 5.56 Å². The Balaban J connectivity index is 1.72. The van der Waals surface area contributed by atoms with Crippen molar-refractivity contribution in [2.75, 3.05) is 19.1 Å². The number of benzene rings is 3. The Kier molecular flexibility index (Phi) is 6.69. The van der Waals surface area contributed by atoms with E-state index in [1.54, 1.807) is 49.6 Å². The summed E-state index contributed by atoms with van der Waals surface area (Å²) in [5.41, 5.74) is 4.66. The van der Waals surface area contributed by atoms with Crippen molar-refractivity contribution in [2.24, 2.45) is 0 Å². The molecule has 9 heteroatoms. The summed E-state index contributed by atoms with van der Waals surface area (Å²) in [7, 11) is 2.84. The zero-order valence-corrected chi connectivity index (χ0v) is 22.9. The maximum absolute atomic E-state index is 13.6. The summed E-state index contributed by atoms with van der Waals surface area (Å²) in [6.07, 6.45) is 0. The lowest BCUT2D eigenvalue weighted by Crippen LogP contribution is -2.29. The van der Waals surface area contributed by atoms with Crippen molar-refractivity contribution in [3.8, 4) is 5.75 Å². The van der Waals surface area contributed by atoms with Gasteiger partial charge in [0.1, 0.15) is 11.5 Å². The molecule has 2 heterocycles. The Hall–Kier alpha value is -4.50. The number of aryl methyl sites for hydroxylation is 3. The van der Waals surface area contributed by atoms with E-state index in [0.717, 1.165) is 26.9 Å². The first-order chi connectivity index (χ1) is 18.6. The fourth-order valence-corrected chi connectivity index (χ4v) is 6.08. The predicted molar refractivity (Wildman–Crippen MR) is 149 cm³/mol. The molecule has 1 N–H and O–H groups in total. The lowest BCUT2D eigenvalue weighted by Gasteiger charge is -2.23. The number of esters is 1. The number of carbonyl (C=O) groups is 3. The van der Waals surface area contributed by atoms with Gasteiger partial charge in [-0.25, -0.2) is 9.78 Å². The number of thiazole rings is 1. The van der Waals surface area contributed by atoms with E-state index in [9.17, 15) is 19.5 Å². The first-order valence-corrected chi connectivity index (χ1v) is 13.0. The van der Waals surface area contributed by atoms with Crippen molar-refractivity contribution in [3.63, 3.8) is 0 Å². The zero-order chi connectivity index (χ0) is 28.0. The number of anilines is 1. The van der Waals surface area contributed by atoms with Gasteiger partial charge in [0.2, 0.25) is 0 Å². The van der Waals surface area contributed by atoms with E-state index < -0.39 is 23.7 Å². The van der Waals surface area contributed by atoms with Crippen LogP contribution < -0.4 is 9.64 Å². The van der Waals surface area contributed by atoms with Crippen molar-refractivity contribution < 1.29 is 29.0 Å². The molecule has 0 radical (unpaired) electrons. The summed E-state index contributed by atoms with van der Waals surface area (Å²) in [6, 6.07) is 14.5. The van der Waals surface area contributed by atoms with Crippen molar-refractivity contribution >= 4 is 50.1 Å². The van der Waals surface area contributed by atoms with E-state index in [-0.39, 0.29) is 11.3 Å². The van der Waals surface area contributed by atoms with Gasteiger partial charge in [0.05, 0.1) is 41.6 Å². The number of hydrogen-bond donors (Lipinski definition) is 1. The highest BCUT2D eigenvalue weighted by atomic mass is 32.1. The van der Waals surface area contributed by atoms with Gasteiger partial charge >= 0.3 is 11.9 Å². The number of hydrogen-bond acceptors (Lipinski definition) is 8. The van der Waals surface area contributed by atoms with Gasteiger partial charge in [0.15, 0.2) is 5.13 Å². The number of aliphatic hydroxyl groups is 1.